The molecule has 0 aliphatic heterocycles. The highest BCUT2D eigenvalue weighted by Crippen LogP contribution is 2.14. The number of halogens is 1. The molecular formula is C10H11ClN4O2S2. The number of sulfone groups is 1. The summed E-state index contributed by atoms with van der Waals surface area (Å²) in [5.41, 5.74) is 0.655. The first-order valence-corrected chi connectivity index (χ1v) is 7.84. The van der Waals surface area contributed by atoms with E-state index in [9.17, 15) is 8.42 Å². The first-order chi connectivity index (χ1) is 8.87. The highest BCUT2D eigenvalue weighted by atomic mass is 35.5. The van der Waals surface area contributed by atoms with Crippen molar-refractivity contribution < 1.29 is 8.42 Å². The number of rotatable bonds is 4. The zero-order chi connectivity index (χ0) is 14.0. The Morgan fingerprint density at radius 1 is 1.32 bits per heavy atom. The number of benzene rings is 1. The van der Waals surface area contributed by atoms with E-state index < -0.39 is 9.84 Å². The molecule has 0 fully saturated rings. The molecule has 2 rings (SSSR count). The molecule has 19 heavy (non-hydrogen) atoms. The van der Waals surface area contributed by atoms with Crippen LogP contribution in [0.1, 0.15) is 11.4 Å². The van der Waals surface area contributed by atoms with Gasteiger partial charge in [0.2, 0.25) is 4.77 Å². The Kier molecular flexibility index (Phi) is 3.93. The number of nitrogens with two attached hydrogens (primary N) is 1. The largest absolute Gasteiger partial charge is 0.335 e. The molecule has 0 unspecified atom stereocenters. The molecule has 9 heteroatoms. The fourth-order valence-electron chi connectivity index (χ4n) is 1.52. The Balaban J connectivity index is 2.17. The van der Waals surface area contributed by atoms with Gasteiger partial charge in [0.05, 0.1) is 5.75 Å². The smallest absolute Gasteiger partial charge is 0.214 e. The number of hydrogen-bond acceptors (Lipinski definition) is 5. The van der Waals surface area contributed by atoms with Crippen molar-refractivity contribution >= 4 is 33.7 Å². The van der Waals surface area contributed by atoms with Crippen molar-refractivity contribution in [2.24, 2.45) is 0 Å². The minimum atomic E-state index is -3.38. The number of aromatic nitrogens is 3. The van der Waals surface area contributed by atoms with Crippen LogP contribution in [0.3, 0.4) is 0 Å². The lowest BCUT2D eigenvalue weighted by Crippen LogP contribution is -2.17. The predicted molar refractivity (Wildman–Crippen MR) is 75.3 cm³/mol. The van der Waals surface area contributed by atoms with Crippen LogP contribution in [0.5, 0.6) is 0 Å². The van der Waals surface area contributed by atoms with Crippen LogP contribution >= 0.6 is 23.8 Å². The molecule has 0 atom stereocenters. The average molecular weight is 319 g/mol. The molecule has 0 aliphatic carbocycles. The summed E-state index contributed by atoms with van der Waals surface area (Å²) in [6.07, 6.45) is 0. The quantitative estimate of drug-likeness (QED) is 0.657. The van der Waals surface area contributed by atoms with E-state index in [0.29, 0.717) is 10.6 Å². The molecule has 0 amide bonds. The van der Waals surface area contributed by atoms with Gasteiger partial charge in [-0.3, -0.25) is 5.10 Å². The summed E-state index contributed by atoms with van der Waals surface area (Å²) in [6.45, 7) is 0. The lowest BCUT2D eigenvalue weighted by molar-refractivity contribution is 0.592. The minimum absolute atomic E-state index is 0.107. The molecule has 0 saturated heterocycles. The lowest BCUT2D eigenvalue weighted by Gasteiger charge is -2.04. The minimum Gasteiger partial charge on any atom is -0.335 e. The third-order valence-corrected chi connectivity index (χ3v) is 4.44. The van der Waals surface area contributed by atoms with Crippen molar-refractivity contribution in [3.63, 3.8) is 0 Å². The number of nitrogens with zero attached hydrogens (tertiary/aromatic N) is 2. The Bertz CT molecular complexity index is 734. The third-order valence-electron chi connectivity index (χ3n) is 2.43. The van der Waals surface area contributed by atoms with Gasteiger partial charge in [-0.1, -0.05) is 23.7 Å². The van der Waals surface area contributed by atoms with E-state index >= 15 is 0 Å². The van der Waals surface area contributed by atoms with E-state index in [1.165, 1.54) is 0 Å². The summed E-state index contributed by atoms with van der Waals surface area (Å²) in [7, 11) is -3.38. The highest BCUT2D eigenvalue weighted by molar-refractivity contribution is 7.89. The number of aromatic amines is 1. The maximum absolute atomic E-state index is 12.0. The first kappa shape index (κ1) is 14.0. The second kappa shape index (κ2) is 5.32. The number of nitrogen functional groups attached to an aromatic ring is 1. The Hall–Kier alpha value is -1.38. The number of nitrogens with one attached hydrogen (secondary N) is 1. The van der Waals surface area contributed by atoms with Crippen LogP contribution in [0.25, 0.3) is 0 Å². The third kappa shape index (κ3) is 3.55. The Labute approximate surface area is 120 Å². The van der Waals surface area contributed by atoms with Crippen LogP contribution in [-0.2, 0) is 21.3 Å². The van der Waals surface area contributed by atoms with Gasteiger partial charge in [-0.2, -0.15) is 5.10 Å². The first-order valence-electron chi connectivity index (χ1n) is 5.23. The molecule has 0 radical (unpaired) electrons. The second-order valence-electron chi connectivity index (χ2n) is 3.97. The molecule has 1 heterocycles. The van der Waals surface area contributed by atoms with E-state index in [2.05, 4.69) is 10.2 Å². The van der Waals surface area contributed by atoms with Gasteiger partial charge < -0.3 is 5.84 Å². The van der Waals surface area contributed by atoms with Gasteiger partial charge in [-0.15, -0.1) is 0 Å². The zero-order valence-electron chi connectivity index (χ0n) is 9.71. The molecule has 6 nitrogen and oxygen atoms in total. The van der Waals surface area contributed by atoms with E-state index in [4.69, 9.17) is 29.7 Å². The molecule has 0 aliphatic rings. The SMILES string of the molecule is Nn1c(CS(=O)(=O)Cc2ccc(Cl)cc2)n[nH]c1=S. The summed E-state index contributed by atoms with van der Waals surface area (Å²) in [5, 5.41) is 6.78. The molecular weight excluding hydrogens is 308 g/mol. The van der Waals surface area contributed by atoms with Crippen molar-refractivity contribution in [3.8, 4) is 0 Å². The average Bonchev–Trinajstić information content (AvgIpc) is 2.63. The van der Waals surface area contributed by atoms with Crippen LogP contribution < -0.4 is 5.84 Å². The standard InChI is InChI=1S/C10H11ClN4O2S2/c11-8-3-1-7(2-4-8)5-19(16,17)6-9-13-14-10(18)15(9)12/h1-4H,5-6,12H2,(H,14,18). The summed E-state index contributed by atoms with van der Waals surface area (Å²) < 4.78 is 25.3. The van der Waals surface area contributed by atoms with Crippen LogP contribution in [0.4, 0.5) is 0 Å². The highest BCUT2D eigenvalue weighted by Gasteiger charge is 2.17. The molecule has 0 saturated carbocycles. The summed E-state index contributed by atoms with van der Waals surface area (Å²) >= 11 is 10.6. The van der Waals surface area contributed by atoms with Crippen LogP contribution in [-0.4, -0.2) is 23.3 Å². The maximum Gasteiger partial charge on any atom is 0.214 e. The van der Waals surface area contributed by atoms with E-state index in [-0.39, 0.29) is 22.1 Å². The van der Waals surface area contributed by atoms with Gasteiger partial charge in [-0.05, 0) is 29.9 Å². The predicted octanol–water partition coefficient (Wildman–Crippen LogP) is 1.42. The van der Waals surface area contributed by atoms with Crippen molar-refractivity contribution in [3.05, 3.63) is 45.4 Å². The van der Waals surface area contributed by atoms with Gasteiger partial charge in [0.1, 0.15) is 5.75 Å². The fourth-order valence-corrected chi connectivity index (χ4v) is 3.20. The maximum atomic E-state index is 12.0. The lowest BCUT2D eigenvalue weighted by atomic mass is 10.2. The van der Waals surface area contributed by atoms with Gasteiger partial charge in [0.15, 0.2) is 15.7 Å². The van der Waals surface area contributed by atoms with Crippen molar-refractivity contribution in [2.45, 2.75) is 11.5 Å². The van der Waals surface area contributed by atoms with Crippen molar-refractivity contribution in [2.75, 3.05) is 5.84 Å². The van der Waals surface area contributed by atoms with Crippen molar-refractivity contribution in [1.82, 2.24) is 14.9 Å². The van der Waals surface area contributed by atoms with Gasteiger partial charge in [0.25, 0.3) is 0 Å². The zero-order valence-corrected chi connectivity index (χ0v) is 12.1. The Morgan fingerprint density at radius 3 is 2.47 bits per heavy atom. The van der Waals surface area contributed by atoms with Crippen LogP contribution in [0.15, 0.2) is 24.3 Å². The molecule has 0 spiro atoms. The van der Waals surface area contributed by atoms with E-state index in [1.54, 1.807) is 24.3 Å². The van der Waals surface area contributed by atoms with Crippen LogP contribution in [0.2, 0.25) is 5.02 Å². The second-order valence-corrected chi connectivity index (χ2v) is 6.86. The fraction of sp³-hybridized carbons (Fsp3) is 0.200. The summed E-state index contributed by atoms with van der Waals surface area (Å²) in [5.74, 6) is 5.35. The normalized spacial score (nSPS) is 11.6. The Morgan fingerprint density at radius 2 is 1.95 bits per heavy atom. The van der Waals surface area contributed by atoms with E-state index in [0.717, 1.165) is 4.68 Å². The monoisotopic (exact) mass is 318 g/mol. The molecule has 1 aromatic heterocycles. The molecule has 102 valence electrons. The molecule has 3 N–H and O–H groups in total. The van der Waals surface area contributed by atoms with Gasteiger partial charge in [-0.25, -0.2) is 13.1 Å². The molecule has 2 aromatic rings. The molecule has 0 bridgehead atoms. The van der Waals surface area contributed by atoms with Gasteiger partial charge in [0, 0.05) is 5.02 Å². The number of hydrogen-bond donors (Lipinski definition) is 2. The summed E-state index contributed by atoms with van der Waals surface area (Å²) in [4.78, 5) is 0. The number of H-pyrrole nitrogens is 1. The van der Waals surface area contributed by atoms with Gasteiger partial charge >= 0.3 is 0 Å². The topological polar surface area (TPSA) is 93.8 Å². The van der Waals surface area contributed by atoms with E-state index in [1.807, 2.05) is 0 Å². The van der Waals surface area contributed by atoms with Crippen LogP contribution in [0, 0.1) is 4.77 Å². The van der Waals surface area contributed by atoms with Crippen molar-refractivity contribution in [1.29, 1.82) is 0 Å². The summed E-state index contributed by atoms with van der Waals surface area (Å²) in [6, 6.07) is 6.62. The molecule has 1 aromatic carbocycles.